The van der Waals surface area contributed by atoms with Crippen LogP contribution in [0.5, 0.6) is 0 Å². The summed E-state index contributed by atoms with van der Waals surface area (Å²) in [6, 6.07) is 3.43. The highest BCUT2D eigenvalue weighted by molar-refractivity contribution is 7.92. The van der Waals surface area contributed by atoms with Gasteiger partial charge in [-0.05, 0) is 18.2 Å². The number of imidazole rings is 1. The van der Waals surface area contributed by atoms with Crippen LogP contribution in [0.1, 0.15) is 0 Å². The van der Waals surface area contributed by atoms with Crippen LogP contribution in [0.25, 0.3) is 0 Å². The highest BCUT2D eigenvalue weighted by Gasteiger charge is 2.19. The first-order chi connectivity index (χ1) is 9.20. The van der Waals surface area contributed by atoms with Crippen molar-refractivity contribution in [3.63, 3.8) is 0 Å². The van der Waals surface area contributed by atoms with E-state index in [1.807, 2.05) is 0 Å². The number of halogens is 1. The predicted octanol–water partition coefficient (Wildman–Crippen LogP) is 0.511. The van der Waals surface area contributed by atoms with Gasteiger partial charge in [0.25, 0.3) is 10.0 Å². The average Bonchev–Trinajstić information content (AvgIpc) is 2.84. The monoisotopic (exact) mass is 336 g/mol. The van der Waals surface area contributed by atoms with Crippen molar-refractivity contribution in [1.29, 1.82) is 0 Å². The molecule has 4 N–H and O–H groups in total. The van der Waals surface area contributed by atoms with E-state index in [0.717, 1.165) is 12.3 Å². The van der Waals surface area contributed by atoms with Crippen LogP contribution in [-0.4, -0.2) is 26.8 Å². The van der Waals surface area contributed by atoms with Crippen LogP contribution in [0.3, 0.4) is 0 Å². The van der Waals surface area contributed by atoms with Gasteiger partial charge < -0.3 is 4.98 Å². The number of primary sulfonamides is 1. The Kier molecular flexibility index (Phi) is 3.73. The molecular weight excluding hydrogens is 328 g/mol. The van der Waals surface area contributed by atoms with Crippen molar-refractivity contribution in [2.24, 2.45) is 5.14 Å². The first-order valence-corrected chi connectivity index (χ1v) is 8.44. The molecule has 11 heteroatoms. The van der Waals surface area contributed by atoms with Gasteiger partial charge in [0.15, 0.2) is 5.03 Å². The number of hydrogen-bond donors (Lipinski definition) is 3. The van der Waals surface area contributed by atoms with Crippen LogP contribution in [0.15, 0.2) is 40.6 Å². The molecule has 0 radical (unpaired) electrons. The molecule has 0 aliphatic carbocycles. The molecule has 0 aliphatic heterocycles. The molecule has 8 nitrogen and oxygen atoms in total. The fraction of sp³-hybridized carbons (Fsp3) is 0. The van der Waals surface area contributed by atoms with Gasteiger partial charge in [-0.2, -0.15) is 8.42 Å². The minimum Gasteiger partial charge on any atom is -0.334 e. The van der Waals surface area contributed by atoms with Crippen molar-refractivity contribution in [3.8, 4) is 0 Å². The van der Waals surface area contributed by atoms with Gasteiger partial charge in [0.2, 0.25) is 10.0 Å². The highest BCUT2D eigenvalue weighted by Crippen LogP contribution is 2.26. The van der Waals surface area contributed by atoms with Crippen molar-refractivity contribution in [1.82, 2.24) is 9.97 Å². The van der Waals surface area contributed by atoms with Crippen LogP contribution < -0.4 is 9.86 Å². The number of H-pyrrole nitrogens is 1. The molecular formula is C9H9ClN4O4S2. The summed E-state index contributed by atoms with van der Waals surface area (Å²) < 4.78 is 48.5. The second kappa shape index (κ2) is 5.05. The van der Waals surface area contributed by atoms with Crippen LogP contribution in [-0.2, 0) is 20.0 Å². The molecule has 0 atom stereocenters. The Morgan fingerprint density at radius 1 is 1.25 bits per heavy atom. The molecule has 0 spiro atoms. The summed E-state index contributed by atoms with van der Waals surface area (Å²) in [5, 5.41) is 4.81. The molecule has 20 heavy (non-hydrogen) atoms. The fourth-order valence-electron chi connectivity index (χ4n) is 1.35. The number of rotatable bonds is 4. The SMILES string of the molecule is NS(=O)(=O)c1ccc(Cl)c(NS(=O)(=O)c2cnc[nH]2)c1. The topological polar surface area (TPSA) is 135 Å². The molecule has 0 saturated heterocycles. The van der Waals surface area contributed by atoms with Crippen LogP contribution >= 0.6 is 11.6 Å². The van der Waals surface area contributed by atoms with E-state index in [4.69, 9.17) is 16.7 Å². The van der Waals surface area contributed by atoms with Crippen molar-refractivity contribution in [2.45, 2.75) is 9.92 Å². The Morgan fingerprint density at radius 2 is 1.95 bits per heavy atom. The Labute approximate surface area is 120 Å². The fourth-order valence-corrected chi connectivity index (χ4v) is 3.09. The second-order valence-electron chi connectivity index (χ2n) is 3.71. The molecule has 0 saturated carbocycles. The van der Waals surface area contributed by atoms with E-state index in [-0.39, 0.29) is 20.6 Å². The summed E-state index contributed by atoms with van der Waals surface area (Å²) in [6.45, 7) is 0. The largest absolute Gasteiger partial charge is 0.334 e. The van der Waals surface area contributed by atoms with Crippen molar-refractivity contribution >= 4 is 37.3 Å². The van der Waals surface area contributed by atoms with Crippen molar-refractivity contribution in [3.05, 3.63) is 35.7 Å². The maximum Gasteiger partial charge on any atom is 0.279 e. The van der Waals surface area contributed by atoms with Gasteiger partial charge in [0, 0.05) is 0 Å². The van der Waals surface area contributed by atoms with E-state index in [0.29, 0.717) is 0 Å². The molecule has 2 rings (SSSR count). The van der Waals surface area contributed by atoms with Crippen LogP contribution in [0, 0.1) is 0 Å². The molecule has 0 unspecified atom stereocenters. The van der Waals surface area contributed by atoms with Gasteiger partial charge in [-0.1, -0.05) is 11.6 Å². The number of nitrogens with zero attached hydrogens (tertiary/aromatic N) is 1. The summed E-state index contributed by atoms with van der Waals surface area (Å²) in [7, 11) is -7.91. The van der Waals surface area contributed by atoms with Gasteiger partial charge in [0.05, 0.1) is 28.1 Å². The number of aromatic amines is 1. The van der Waals surface area contributed by atoms with Crippen molar-refractivity contribution in [2.75, 3.05) is 4.72 Å². The van der Waals surface area contributed by atoms with E-state index in [1.54, 1.807) is 0 Å². The summed E-state index contributed by atoms with van der Waals surface area (Å²) in [4.78, 5) is 5.74. The third kappa shape index (κ3) is 3.10. The van der Waals surface area contributed by atoms with Gasteiger partial charge in [-0.3, -0.25) is 4.72 Å². The lowest BCUT2D eigenvalue weighted by molar-refractivity contribution is 0.595. The zero-order valence-electron chi connectivity index (χ0n) is 9.74. The lowest BCUT2D eigenvalue weighted by atomic mass is 10.3. The smallest absolute Gasteiger partial charge is 0.279 e. The number of nitrogens with two attached hydrogens (primary N) is 1. The molecule has 0 aliphatic rings. The van der Waals surface area contributed by atoms with E-state index in [1.165, 1.54) is 18.5 Å². The van der Waals surface area contributed by atoms with Crippen LogP contribution in [0.4, 0.5) is 5.69 Å². The number of sulfonamides is 2. The molecule has 1 aromatic heterocycles. The van der Waals surface area contributed by atoms with Crippen LogP contribution in [0.2, 0.25) is 5.02 Å². The lowest BCUT2D eigenvalue weighted by Crippen LogP contribution is -2.16. The van der Waals surface area contributed by atoms with Gasteiger partial charge >= 0.3 is 0 Å². The highest BCUT2D eigenvalue weighted by atomic mass is 35.5. The summed E-state index contributed by atoms with van der Waals surface area (Å²) in [5.41, 5.74) is -0.104. The Morgan fingerprint density at radius 3 is 2.50 bits per heavy atom. The molecule has 0 amide bonds. The summed E-state index contributed by atoms with van der Waals surface area (Å²) >= 11 is 5.83. The van der Waals surface area contributed by atoms with E-state index in [2.05, 4.69) is 14.7 Å². The first-order valence-electron chi connectivity index (χ1n) is 5.04. The van der Waals surface area contributed by atoms with E-state index < -0.39 is 20.0 Å². The third-order valence-corrected chi connectivity index (χ3v) is 4.80. The van der Waals surface area contributed by atoms with Gasteiger partial charge in [0.1, 0.15) is 0 Å². The minimum absolute atomic E-state index is 0.0282. The number of aromatic nitrogens is 2. The first kappa shape index (κ1) is 14.8. The third-order valence-electron chi connectivity index (χ3n) is 2.27. The average molecular weight is 337 g/mol. The Hall–Kier alpha value is -1.62. The van der Waals surface area contributed by atoms with Gasteiger partial charge in [-0.25, -0.2) is 18.5 Å². The Bertz CT molecular complexity index is 831. The molecule has 1 aromatic carbocycles. The number of benzene rings is 1. The minimum atomic E-state index is -3.97. The lowest BCUT2D eigenvalue weighted by Gasteiger charge is -2.09. The van der Waals surface area contributed by atoms with E-state index >= 15 is 0 Å². The van der Waals surface area contributed by atoms with Gasteiger partial charge in [-0.15, -0.1) is 0 Å². The van der Waals surface area contributed by atoms with Crippen molar-refractivity contribution < 1.29 is 16.8 Å². The maximum atomic E-state index is 12.0. The second-order valence-corrected chi connectivity index (χ2v) is 7.33. The van der Waals surface area contributed by atoms with E-state index in [9.17, 15) is 16.8 Å². The number of anilines is 1. The molecule has 1 heterocycles. The zero-order valence-corrected chi connectivity index (χ0v) is 12.1. The summed E-state index contributed by atoms with van der Waals surface area (Å²) in [6.07, 6.45) is 2.29. The predicted molar refractivity (Wildman–Crippen MR) is 72.2 cm³/mol. The number of nitrogens with one attached hydrogen (secondary N) is 2. The molecule has 0 bridgehead atoms. The maximum absolute atomic E-state index is 12.0. The summed E-state index contributed by atoms with van der Waals surface area (Å²) in [5.74, 6) is 0. The Balaban J connectivity index is 2.44. The molecule has 108 valence electrons. The molecule has 2 aromatic rings. The zero-order chi connectivity index (χ0) is 15.0. The number of hydrogen-bond acceptors (Lipinski definition) is 5. The normalized spacial score (nSPS) is 12.3. The molecule has 0 fully saturated rings. The quantitative estimate of drug-likeness (QED) is 0.747. The standard InChI is InChI=1S/C9H9ClN4O4S2/c10-7-2-1-6(19(11,15)16)3-8(7)14-20(17,18)9-4-12-5-13-9/h1-5,14H,(H,12,13)(H2,11,15,16).